The molecule has 0 spiro atoms. The molecule has 2 aliphatic carbocycles. The molecule has 56 heavy (non-hydrogen) atoms. The van der Waals surface area contributed by atoms with E-state index in [9.17, 15) is 0 Å². The SMILES string of the molecule is C1=CC(n2c3ccccc3c3cc4c5ccccc5n(-c5ccccc5)c4cc32)=CC(c2nc(C3=CC(c4ccccc4)=CCC3)nc(-c3ccccc3)n2)C1. The van der Waals surface area contributed by atoms with Gasteiger partial charge < -0.3 is 9.13 Å². The predicted octanol–water partition coefficient (Wildman–Crippen LogP) is 12.6. The Kier molecular flexibility index (Phi) is 7.69. The molecule has 6 aromatic carbocycles. The third kappa shape index (κ3) is 5.43. The van der Waals surface area contributed by atoms with E-state index in [1.54, 1.807) is 0 Å². The Morgan fingerprint density at radius 1 is 0.518 bits per heavy atom. The minimum atomic E-state index is -0.0387. The van der Waals surface area contributed by atoms with Crippen molar-refractivity contribution in [2.75, 3.05) is 0 Å². The maximum absolute atomic E-state index is 5.28. The summed E-state index contributed by atoms with van der Waals surface area (Å²) in [5, 5.41) is 4.97. The van der Waals surface area contributed by atoms with Crippen LogP contribution in [0.4, 0.5) is 0 Å². The number of rotatable bonds is 6. The van der Waals surface area contributed by atoms with E-state index in [1.165, 1.54) is 54.7 Å². The lowest BCUT2D eigenvalue weighted by Gasteiger charge is -2.20. The van der Waals surface area contributed by atoms with E-state index in [0.29, 0.717) is 5.82 Å². The van der Waals surface area contributed by atoms with Gasteiger partial charge in [-0.3, -0.25) is 0 Å². The van der Waals surface area contributed by atoms with E-state index in [1.807, 2.05) is 18.2 Å². The van der Waals surface area contributed by atoms with Gasteiger partial charge in [0.1, 0.15) is 5.82 Å². The largest absolute Gasteiger partial charge is 0.309 e. The van der Waals surface area contributed by atoms with Crippen LogP contribution in [0.15, 0.2) is 182 Å². The van der Waals surface area contributed by atoms with Crippen molar-refractivity contribution in [3.05, 3.63) is 199 Å². The van der Waals surface area contributed by atoms with Crippen molar-refractivity contribution in [1.29, 1.82) is 0 Å². The zero-order valence-corrected chi connectivity index (χ0v) is 30.8. The lowest BCUT2D eigenvalue weighted by Crippen LogP contribution is -2.11. The zero-order valence-electron chi connectivity index (χ0n) is 30.8. The first kappa shape index (κ1) is 32.3. The van der Waals surface area contributed by atoms with E-state index >= 15 is 0 Å². The van der Waals surface area contributed by atoms with Crippen LogP contribution < -0.4 is 0 Å². The highest BCUT2D eigenvalue weighted by atomic mass is 15.0. The van der Waals surface area contributed by atoms with E-state index in [4.69, 9.17) is 15.0 Å². The lowest BCUT2D eigenvalue weighted by atomic mass is 9.94. The van der Waals surface area contributed by atoms with Gasteiger partial charge in [0.05, 0.1) is 22.1 Å². The molecule has 11 rings (SSSR count). The molecule has 3 heterocycles. The monoisotopic (exact) mass is 719 g/mol. The van der Waals surface area contributed by atoms with Gasteiger partial charge in [0, 0.05) is 44.4 Å². The Balaban J connectivity index is 1.09. The van der Waals surface area contributed by atoms with E-state index in [-0.39, 0.29) is 5.92 Å². The van der Waals surface area contributed by atoms with Crippen molar-refractivity contribution >= 4 is 60.5 Å². The van der Waals surface area contributed by atoms with Crippen molar-refractivity contribution in [1.82, 2.24) is 24.1 Å². The highest BCUT2D eigenvalue weighted by molar-refractivity contribution is 6.19. The third-order valence-electron chi connectivity index (χ3n) is 11.3. The maximum atomic E-state index is 5.28. The Morgan fingerprint density at radius 2 is 1.12 bits per heavy atom. The molecule has 0 bridgehead atoms. The minimum absolute atomic E-state index is 0.0387. The van der Waals surface area contributed by atoms with Crippen LogP contribution in [0.1, 0.15) is 42.4 Å². The maximum Gasteiger partial charge on any atom is 0.163 e. The molecule has 0 saturated carbocycles. The molecule has 2 aliphatic rings. The number of fused-ring (bicyclic) bond motifs is 6. The molecule has 5 heteroatoms. The second-order valence-corrected chi connectivity index (χ2v) is 14.7. The van der Waals surface area contributed by atoms with Crippen molar-refractivity contribution in [3.63, 3.8) is 0 Å². The molecule has 3 aromatic heterocycles. The fraction of sp³-hybridized carbons (Fsp3) is 0.0784. The molecule has 9 aromatic rings. The van der Waals surface area contributed by atoms with Crippen molar-refractivity contribution in [2.24, 2.45) is 0 Å². The fourth-order valence-electron chi connectivity index (χ4n) is 8.69. The van der Waals surface area contributed by atoms with Gasteiger partial charge in [-0.25, -0.2) is 15.0 Å². The summed E-state index contributed by atoms with van der Waals surface area (Å²) >= 11 is 0. The molecule has 5 nitrogen and oxygen atoms in total. The second kappa shape index (κ2) is 13.3. The Hall–Kier alpha value is -7.11. The van der Waals surface area contributed by atoms with Crippen LogP contribution in [0.5, 0.6) is 0 Å². The molecule has 266 valence electrons. The van der Waals surface area contributed by atoms with E-state index in [0.717, 1.165) is 53.4 Å². The van der Waals surface area contributed by atoms with E-state index in [2.05, 4.69) is 173 Å². The molecule has 1 atom stereocenters. The third-order valence-corrected chi connectivity index (χ3v) is 11.3. The van der Waals surface area contributed by atoms with Crippen LogP contribution in [0.3, 0.4) is 0 Å². The predicted molar refractivity (Wildman–Crippen MR) is 231 cm³/mol. The van der Waals surface area contributed by atoms with Crippen LogP contribution >= 0.6 is 0 Å². The number of aromatic nitrogens is 5. The van der Waals surface area contributed by atoms with Crippen molar-refractivity contribution < 1.29 is 0 Å². The topological polar surface area (TPSA) is 48.5 Å². The summed E-state index contributed by atoms with van der Waals surface area (Å²) in [5.74, 6) is 2.22. The number of nitrogens with zero attached hydrogens (tertiary/aromatic N) is 5. The number of hydrogen-bond donors (Lipinski definition) is 0. The van der Waals surface area contributed by atoms with Crippen LogP contribution in [0, 0.1) is 0 Å². The molecule has 1 unspecified atom stereocenters. The summed E-state index contributed by atoms with van der Waals surface area (Å²) < 4.78 is 4.83. The molecule has 0 amide bonds. The number of benzene rings is 6. The zero-order chi connectivity index (χ0) is 37.0. The van der Waals surface area contributed by atoms with Crippen LogP contribution in [-0.2, 0) is 0 Å². The van der Waals surface area contributed by atoms with Crippen molar-refractivity contribution in [3.8, 4) is 17.1 Å². The summed E-state index contributed by atoms with van der Waals surface area (Å²) in [6.45, 7) is 0. The van der Waals surface area contributed by atoms with Crippen molar-refractivity contribution in [2.45, 2.75) is 25.2 Å². The standard InChI is InChI=1S/C51H37N5/c1-4-16-34(17-5-1)36-20-14-21-37(30-36)50-52-49(35-18-6-2-7-19-35)53-51(54-50)38-22-15-25-40(31-38)56-46-29-13-11-27-42(46)44-32-43-41-26-10-12-28-45(41)55(47(43)33-48(44)56)39-23-8-3-9-24-39/h1-13,15-20,23-33,38H,14,21-22H2. The number of hydrogen-bond acceptors (Lipinski definition) is 3. The first-order valence-corrected chi connectivity index (χ1v) is 19.5. The molecule has 0 radical (unpaired) electrons. The van der Waals surface area contributed by atoms with Gasteiger partial charge in [-0.15, -0.1) is 0 Å². The van der Waals surface area contributed by atoms with Gasteiger partial charge in [-0.1, -0.05) is 127 Å². The van der Waals surface area contributed by atoms with Gasteiger partial charge >= 0.3 is 0 Å². The van der Waals surface area contributed by atoms with Crippen LogP contribution in [-0.4, -0.2) is 24.1 Å². The first-order valence-electron chi connectivity index (χ1n) is 19.5. The van der Waals surface area contributed by atoms with Gasteiger partial charge in [0.15, 0.2) is 11.6 Å². The van der Waals surface area contributed by atoms with Crippen LogP contribution in [0.2, 0.25) is 0 Å². The normalized spacial score (nSPS) is 15.7. The summed E-state index contributed by atoms with van der Waals surface area (Å²) in [6.07, 6.45) is 14.1. The Bertz CT molecular complexity index is 3090. The second-order valence-electron chi connectivity index (χ2n) is 14.7. The average Bonchev–Trinajstić information content (AvgIpc) is 3.78. The summed E-state index contributed by atoms with van der Waals surface area (Å²) in [4.78, 5) is 15.6. The quantitative estimate of drug-likeness (QED) is 0.172. The van der Waals surface area contributed by atoms with E-state index < -0.39 is 0 Å². The molecule has 0 fully saturated rings. The smallest absolute Gasteiger partial charge is 0.163 e. The minimum Gasteiger partial charge on any atom is -0.309 e. The van der Waals surface area contributed by atoms with Gasteiger partial charge in [-0.2, -0.15) is 0 Å². The van der Waals surface area contributed by atoms with Gasteiger partial charge in [0.2, 0.25) is 0 Å². The Labute approximate surface area is 324 Å². The first-order chi connectivity index (χ1) is 27.8. The van der Waals surface area contributed by atoms with Gasteiger partial charge in [-0.05, 0) is 90.6 Å². The number of allylic oxidation sites excluding steroid dienone is 8. The summed E-state index contributed by atoms with van der Waals surface area (Å²) in [5.41, 5.74) is 11.6. The molecule has 0 saturated heterocycles. The molecule has 0 N–H and O–H groups in total. The highest BCUT2D eigenvalue weighted by Crippen LogP contribution is 2.41. The summed E-state index contributed by atoms with van der Waals surface area (Å²) in [7, 11) is 0. The van der Waals surface area contributed by atoms with Crippen LogP contribution in [0.25, 0.3) is 77.5 Å². The summed E-state index contributed by atoms with van der Waals surface area (Å²) in [6, 6.07) is 53.9. The molecular formula is C51H37N5. The molecule has 0 aliphatic heterocycles. The van der Waals surface area contributed by atoms with Gasteiger partial charge in [0.25, 0.3) is 0 Å². The number of para-hydroxylation sites is 3. The average molecular weight is 720 g/mol. The Morgan fingerprint density at radius 3 is 1.86 bits per heavy atom. The fourth-order valence-corrected chi connectivity index (χ4v) is 8.69. The molecular weight excluding hydrogens is 683 g/mol. The lowest BCUT2D eigenvalue weighted by molar-refractivity contribution is 0.753. The highest BCUT2D eigenvalue weighted by Gasteiger charge is 2.24.